The second-order valence-electron chi connectivity index (χ2n) is 3.71. The molecule has 1 N–H and O–H groups in total. The summed E-state index contributed by atoms with van der Waals surface area (Å²) in [6.07, 6.45) is 5.31. The molecule has 0 radical (unpaired) electrons. The van der Waals surface area contributed by atoms with Crippen LogP contribution < -0.4 is 0 Å². The number of carbonyl (C=O) groups is 1. The van der Waals surface area contributed by atoms with Gasteiger partial charge < -0.3 is 9.84 Å². The van der Waals surface area contributed by atoms with Crippen LogP contribution in [0.5, 0.6) is 0 Å². The number of carbonyl (C=O) groups excluding carboxylic acids is 1. The van der Waals surface area contributed by atoms with Gasteiger partial charge in [0, 0.05) is 6.92 Å². The lowest BCUT2D eigenvalue weighted by Crippen LogP contribution is -2.31. The number of esters is 1. The van der Waals surface area contributed by atoms with Gasteiger partial charge in [-0.1, -0.05) is 19.3 Å². The van der Waals surface area contributed by atoms with Crippen LogP contribution in [-0.4, -0.2) is 23.3 Å². The molecule has 0 saturated heterocycles. The molecule has 13 heavy (non-hydrogen) atoms. The summed E-state index contributed by atoms with van der Waals surface area (Å²) in [7, 11) is 0. The van der Waals surface area contributed by atoms with Crippen LogP contribution in [0, 0.1) is 0 Å². The van der Waals surface area contributed by atoms with Gasteiger partial charge in [0.15, 0.2) is 0 Å². The molecule has 0 aromatic carbocycles. The van der Waals surface area contributed by atoms with Crippen molar-refractivity contribution in [3.05, 3.63) is 0 Å². The van der Waals surface area contributed by atoms with Crippen LogP contribution in [0.1, 0.15) is 45.4 Å². The largest absolute Gasteiger partial charge is 0.460 e. The Balaban J connectivity index is 2.41. The maximum atomic E-state index is 10.7. The average molecular weight is 186 g/mol. The number of rotatable bonds is 1. The number of aliphatic hydroxyl groups is 1. The Kier molecular flexibility index (Phi) is 4.22. The van der Waals surface area contributed by atoms with Gasteiger partial charge in [0.05, 0.1) is 6.10 Å². The lowest BCUT2D eigenvalue weighted by molar-refractivity contribution is -0.153. The Morgan fingerprint density at radius 2 is 1.85 bits per heavy atom. The Bertz CT molecular complexity index is 168. The van der Waals surface area contributed by atoms with Crippen LogP contribution in [0.25, 0.3) is 0 Å². The van der Waals surface area contributed by atoms with Gasteiger partial charge in [-0.3, -0.25) is 4.79 Å². The highest BCUT2D eigenvalue weighted by Crippen LogP contribution is 2.20. The van der Waals surface area contributed by atoms with Crippen molar-refractivity contribution in [3.63, 3.8) is 0 Å². The molecule has 0 aliphatic heterocycles. The molecule has 0 heterocycles. The third kappa shape index (κ3) is 3.77. The second-order valence-corrected chi connectivity index (χ2v) is 3.71. The van der Waals surface area contributed by atoms with E-state index in [1.165, 1.54) is 19.8 Å². The summed E-state index contributed by atoms with van der Waals surface area (Å²) in [6.45, 7) is 1.39. The quantitative estimate of drug-likeness (QED) is 0.633. The van der Waals surface area contributed by atoms with Gasteiger partial charge in [0.2, 0.25) is 0 Å². The van der Waals surface area contributed by atoms with Crippen molar-refractivity contribution in [2.45, 2.75) is 57.7 Å². The molecule has 1 rings (SSSR count). The van der Waals surface area contributed by atoms with Crippen LogP contribution in [0.2, 0.25) is 0 Å². The van der Waals surface area contributed by atoms with Crippen LogP contribution in [0.4, 0.5) is 0 Å². The van der Waals surface area contributed by atoms with E-state index in [-0.39, 0.29) is 12.1 Å². The average Bonchev–Trinajstić information content (AvgIpc) is 2.04. The molecule has 0 aromatic heterocycles. The lowest BCUT2D eigenvalue weighted by Gasteiger charge is -2.24. The van der Waals surface area contributed by atoms with Crippen LogP contribution in [-0.2, 0) is 9.53 Å². The summed E-state index contributed by atoms with van der Waals surface area (Å²) < 4.78 is 5.05. The Labute approximate surface area is 79.1 Å². The Morgan fingerprint density at radius 1 is 1.23 bits per heavy atom. The standard InChI is InChI=1S/C10H18O3/c1-8(11)13-10-7-5-3-2-4-6-9(10)12/h9-10,12H,2-7H2,1H3/t9-,10+/m0/s1. The number of aliphatic hydroxyl groups excluding tert-OH is 1. The molecule has 0 unspecified atom stereocenters. The van der Waals surface area contributed by atoms with E-state index < -0.39 is 6.10 Å². The van der Waals surface area contributed by atoms with Crippen LogP contribution in [0.3, 0.4) is 0 Å². The molecule has 1 fully saturated rings. The van der Waals surface area contributed by atoms with Crippen molar-refractivity contribution >= 4 is 5.97 Å². The first-order chi connectivity index (χ1) is 6.20. The summed E-state index contributed by atoms with van der Waals surface area (Å²) in [5.74, 6) is -0.287. The summed E-state index contributed by atoms with van der Waals surface area (Å²) in [6, 6.07) is 0. The second kappa shape index (κ2) is 5.22. The number of hydrogen-bond donors (Lipinski definition) is 1. The zero-order valence-corrected chi connectivity index (χ0v) is 8.16. The normalized spacial score (nSPS) is 30.3. The predicted octanol–water partition coefficient (Wildman–Crippen LogP) is 1.63. The van der Waals surface area contributed by atoms with E-state index in [4.69, 9.17) is 4.74 Å². The zero-order chi connectivity index (χ0) is 9.68. The van der Waals surface area contributed by atoms with Gasteiger partial charge in [-0.25, -0.2) is 0 Å². The molecule has 2 atom stereocenters. The molecular formula is C10H18O3. The number of hydrogen-bond acceptors (Lipinski definition) is 3. The smallest absolute Gasteiger partial charge is 0.302 e. The first-order valence-corrected chi connectivity index (χ1v) is 5.05. The topological polar surface area (TPSA) is 46.5 Å². The highest BCUT2D eigenvalue weighted by molar-refractivity contribution is 5.66. The molecule has 0 spiro atoms. The molecule has 0 amide bonds. The fourth-order valence-corrected chi connectivity index (χ4v) is 1.78. The van der Waals surface area contributed by atoms with Crippen molar-refractivity contribution in [2.24, 2.45) is 0 Å². The Hall–Kier alpha value is -0.570. The highest BCUT2D eigenvalue weighted by atomic mass is 16.6. The molecule has 3 heteroatoms. The predicted molar refractivity (Wildman–Crippen MR) is 49.3 cm³/mol. The minimum atomic E-state index is -0.454. The minimum absolute atomic E-state index is 0.266. The van der Waals surface area contributed by atoms with E-state index in [1.54, 1.807) is 0 Å². The maximum absolute atomic E-state index is 10.7. The van der Waals surface area contributed by atoms with E-state index in [1.807, 2.05) is 0 Å². The highest BCUT2D eigenvalue weighted by Gasteiger charge is 2.22. The molecule has 1 aliphatic rings. The van der Waals surface area contributed by atoms with Crippen molar-refractivity contribution in [1.82, 2.24) is 0 Å². The van der Waals surface area contributed by atoms with Crippen molar-refractivity contribution < 1.29 is 14.6 Å². The fraction of sp³-hybridized carbons (Fsp3) is 0.900. The van der Waals surface area contributed by atoms with Gasteiger partial charge in [-0.15, -0.1) is 0 Å². The summed E-state index contributed by atoms with van der Waals surface area (Å²) >= 11 is 0. The SMILES string of the molecule is CC(=O)O[C@@H]1CCCCCC[C@@H]1O. The first kappa shape index (κ1) is 10.5. The lowest BCUT2D eigenvalue weighted by atomic mass is 9.96. The van der Waals surface area contributed by atoms with E-state index in [0.29, 0.717) is 0 Å². The monoisotopic (exact) mass is 186 g/mol. The third-order valence-corrected chi connectivity index (χ3v) is 2.49. The van der Waals surface area contributed by atoms with E-state index in [0.717, 1.165) is 25.7 Å². The van der Waals surface area contributed by atoms with Gasteiger partial charge in [0.25, 0.3) is 0 Å². The minimum Gasteiger partial charge on any atom is -0.460 e. The van der Waals surface area contributed by atoms with Crippen molar-refractivity contribution in [3.8, 4) is 0 Å². The van der Waals surface area contributed by atoms with Gasteiger partial charge >= 0.3 is 5.97 Å². The summed E-state index contributed by atoms with van der Waals surface area (Å²) in [5.41, 5.74) is 0. The molecule has 1 aliphatic carbocycles. The molecule has 0 bridgehead atoms. The molecule has 76 valence electrons. The third-order valence-electron chi connectivity index (χ3n) is 2.49. The molecule has 3 nitrogen and oxygen atoms in total. The van der Waals surface area contributed by atoms with Gasteiger partial charge in [0.1, 0.15) is 6.10 Å². The van der Waals surface area contributed by atoms with E-state index in [2.05, 4.69) is 0 Å². The molecular weight excluding hydrogens is 168 g/mol. The van der Waals surface area contributed by atoms with Crippen LogP contribution in [0.15, 0.2) is 0 Å². The summed E-state index contributed by atoms with van der Waals surface area (Å²) in [5, 5.41) is 9.65. The fourth-order valence-electron chi connectivity index (χ4n) is 1.78. The number of ether oxygens (including phenoxy) is 1. The molecule has 0 aromatic rings. The van der Waals surface area contributed by atoms with E-state index >= 15 is 0 Å². The molecule has 1 saturated carbocycles. The van der Waals surface area contributed by atoms with Gasteiger partial charge in [-0.05, 0) is 19.3 Å². The van der Waals surface area contributed by atoms with Crippen molar-refractivity contribution in [2.75, 3.05) is 0 Å². The Morgan fingerprint density at radius 3 is 2.46 bits per heavy atom. The van der Waals surface area contributed by atoms with Crippen LogP contribution >= 0.6 is 0 Å². The summed E-state index contributed by atoms with van der Waals surface area (Å²) in [4.78, 5) is 10.7. The van der Waals surface area contributed by atoms with Gasteiger partial charge in [-0.2, -0.15) is 0 Å². The zero-order valence-electron chi connectivity index (χ0n) is 8.16. The maximum Gasteiger partial charge on any atom is 0.302 e. The first-order valence-electron chi connectivity index (χ1n) is 5.05. The van der Waals surface area contributed by atoms with Crippen molar-refractivity contribution in [1.29, 1.82) is 0 Å². The van der Waals surface area contributed by atoms with E-state index in [9.17, 15) is 9.90 Å².